The summed E-state index contributed by atoms with van der Waals surface area (Å²) in [7, 11) is 0. The molecule has 0 radical (unpaired) electrons. The molecule has 0 fully saturated rings. The van der Waals surface area contributed by atoms with Gasteiger partial charge >= 0.3 is 5.97 Å². The first kappa shape index (κ1) is 15.3. The van der Waals surface area contributed by atoms with Gasteiger partial charge in [-0.05, 0) is 37.0 Å². The quantitative estimate of drug-likeness (QED) is 0.545. The molecule has 4 aromatic rings. The molecule has 3 aromatic heterocycles. The van der Waals surface area contributed by atoms with E-state index in [0.29, 0.717) is 16.9 Å². The number of H-pyrrole nitrogens is 2. The van der Waals surface area contributed by atoms with Gasteiger partial charge in [-0.15, -0.1) is 11.3 Å². The third-order valence-electron chi connectivity index (χ3n) is 4.71. The molecule has 0 saturated carbocycles. The highest BCUT2D eigenvalue weighted by molar-refractivity contribution is 7.18. The number of aromatic nitrogens is 3. The van der Waals surface area contributed by atoms with Crippen LogP contribution in [0.25, 0.3) is 21.1 Å². The van der Waals surface area contributed by atoms with Gasteiger partial charge in [-0.1, -0.05) is 18.2 Å². The molecule has 2 N–H and O–H groups in total. The van der Waals surface area contributed by atoms with Crippen LogP contribution in [0.2, 0.25) is 0 Å². The summed E-state index contributed by atoms with van der Waals surface area (Å²) < 4.78 is 5.33. The van der Waals surface area contributed by atoms with Gasteiger partial charge < -0.3 is 14.7 Å². The van der Waals surface area contributed by atoms with Crippen LogP contribution in [-0.2, 0) is 24.2 Å². The van der Waals surface area contributed by atoms with E-state index in [0.717, 1.165) is 40.6 Å². The SMILES string of the molecule is O=C(OCc1nc2sc3c(c2c(=O)[nH]1)CCC3)c1cc2ccccc2[nH]1. The Hall–Kier alpha value is -2.93. The monoisotopic (exact) mass is 365 g/mol. The van der Waals surface area contributed by atoms with Crippen molar-refractivity contribution in [1.29, 1.82) is 0 Å². The van der Waals surface area contributed by atoms with E-state index in [2.05, 4.69) is 15.0 Å². The number of ether oxygens (including phenoxy) is 1. The second kappa shape index (κ2) is 5.81. The number of nitrogens with zero attached hydrogens (tertiary/aromatic N) is 1. The van der Waals surface area contributed by atoms with E-state index in [-0.39, 0.29) is 12.2 Å². The van der Waals surface area contributed by atoms with Crippen LogP contribution in [0.4, 0.5) is 0 Å². The molecule has 3 heterocycles. The van der Waals surface area contributed by atoms with E-state index in [4.69, 9.17) is 4.74 Å². The first-order valence-electron chi connectivity index (χ1n) is 8.47. The van der Waals surface area contributed by atoms with Crippen molar-refractivity contribution in [1.82, 2.24) is 15.0 Å². The lowest BCUT2D eigenvalue weighted by Gasteiger charge is -2.03. The van der Waals surface area contributed by atoms with Crippen LogP contribution >= 0.6 is 11.3 Å². The van der Waals surface area contributed by atoms with Crippen molar-refractivity contribution in [3.05, 3.63) is 62.6 Å². The maximum absolute atomic E-state index is 12.4. The minimum absolute atomic E-state index is 0.0675. The Bertz CT molecular complexity index is 1180. The number of hydrogen-bond acceptors (Lipinski definition) is 5. The van der Waals surface area contributed by atoms with Crippen LogP contribution in [0.3, 0.4) is 0 Å². The van der Waals surface area contributed by atoms with Crippen LogP contribution in [0.15, 0.2) is 35.1 Å². The van der Waals surface area contributed by atoms with Gasteiger partial charge in [0.05, 0.1) is 5.39 Å². The molecule has 0 spiro atoms. The number of thiophene rings is 1. The Labute approximate surface area is 151 Å². The van der Waals surface area contributed by atoms with Gasteiger partial charge in [0, 0.05) is 15.8 Å². The van der Waals surface area contributed by atoms with E-state index < -0.39 is 5.97 Å². The zero-order chi connectivity index (χ0) is 17.7. The summed E-state index contributed by atoms with van der Waals surface area (Å²) in [5.41, 5.74) is 2.25. The summed E-state index contributed by atoms with van der Waals surface area (Å²) in [6, 6.07) is 9.38. The first-order chi connectivity index (χ1) is 12.7. The molecule has 0 saturated heterocycles. The average molecular weight is 365 g/mol. The Morgan fingerprint density at radius 1 is 1.23 bits per heavy atom. The summed E-state index contributed by atoms with van der Waals surface area (Å²) in [4.78, 5) is 37.0. The second-order valence-corrected chi connectivity index (χ2v) is 7.48. The third kappa shape index (κ3) is 2.43. The Morgan fingerprint density at radius 2 is 2.12 bits per heavy atom. The molecule has 0 bridgehead atoms. The molecule has 0 unspecified atom stereocenters. The van der Waals surface area contributed by atoms with Gasteiger partial charge in [-0.2, -0.15) is 0 Å². The highest BCUT2D eigenvalue weighted by Gasteiger charge is 2.21. The normalized spacial score (nSPS) is 13.4. The number of carbonyl (C=O) groups is 1. The lowest BCUT2D eigenvalue weighted by molar-refractivity contribution is 0.0456. The number of fused-ring (bicyclic) bond motifs is 4. The maximum atomic E-state index is 12.4. The van der Waals surface area contributed by atoms with E-state index >= 15 is 0 Å². The van der Waals surface area contributed by atoms with Crippen molar-refractivity contribution in [2.75, 3.05) is 0 Å². The Balaban J connectivity index is 1.39. The number of benzene rings is 1. The number of aryl methyl sites for hydroxylation is 2. The minimum atomic E-state index is -0.474. The molecule has 0 atom stereocenters. The van der Waals surface area contributed by atoms with Gasteiger partial charge in [0.2, 0.25) is 0 Å². The predicted molar refractivity (Wildman–Crippen MR) is 99.7 cm³/mol. The number of aromatic amines is 2. The highest BCUT2D eigenvalue weighted by atomic mass is 32.1. The van der Waals surface area contributed by atoms with E-state index in [1.807, 2.05) is 24.3 Å². The maximum Gasteiger partial charge on any atom is 0.355 e. The average Bonchev–Trinajstić information content (AvgIpc) is 3.32. The van der Waals surface area contributed by atoms with Gasteiger partial charge in [0.25, 0.3) is 5.56 Å². The van der Waals surface area contributed by atoms with Crippen LogP contribution in [0.5, 0.6) is 0 Å². The molecular weight excluding hydrogens is 350 g/mol. The fraction of sp³-hybridized carbons (Fsp3) is 0.211. The van der Waals surface area contributed by atoms with Gasteiger partial charge in [-0.25, -0.2) is 9.78 Å². The molecule has 7 heteroatoms. The van der Waals surface area contributed by atoms with Crippen molar-refractivity contribution in [2.45, 2.75) is 25.9 Å². The number of carbonyl (C=O) groups excluding carboxylic acids is 1. The number of esters is 1. The lowest BCUT2D eigenvalue weighted by Crippen LogP contribution is -2.14. The minimum Gasteiger partial charge on any atom is -0.453 e. The van der Waals surface area contributed by atoms with E-state index in [1.54, 1.807) is 17.4 Å². The van der Waals surface area contributed by atoms with Crippen LogP contribution in [-0.4, -0.2) is 20.9 Å². The molecule has 1 aliphatic carbocycles. The molecule has 5 rings (SSSR count). The number of para-hydroxylation sites is 1. The second-order valence-electron chi connectivity index (χ2n) is 6.40. The number of nitrogens with one attached hydrogen (secondary N) is 2. The van der Waals surface area contributed by atoms with Gasteiger partial charge in [0.15, 0.2) is 0 Å². The summed E-state index contributed by atoms with van der Waals surface area (Å²) in [5.74, 6) is -0.107. The largest absolute Gasteiger partial charge is 0.453 e. The molecule has 26 heavy (non-hydrogen) atoms. The summed E-state index contributed by atoms with van der Waals surface area (Å²) >= 11 is 1.57. The van der Waals surface area contributed by atoms with E-state index in [9.17, 15) is 9.59 Å². The van der Waals surface area contributed by atoms with Crippen molar-refractivity contribution < 1.29 is 9.53 Å². The van der Waals surface area contributed by atoms with Crippen LogP contribution in [0, 0.1) is 0 Å². The highest BCUT2D eigenvalue weighted by Crippen LogP contribution is 2.34. The topological polar surface area (TPSA) is 87.8 Å². The smallest absolute Gasteiger partial charge is 0.355 e. The molecule has 1 aliphatic rings. The van der Waals surface area contributed by atoms with Gasteiger partial charge in [0.1, 0.15) is 23.0 Å². The van der Waals surface area contributed by atoms with Gasteiger partial charge in [-0.3, -0.25) is 4.79 Å². The zero-order valence-corrected chi connectivity index (χ0v) is 14.6. The van der Waals surface area contributed by atoms with Crippen molar-refractivity contribution in [2.24, 2.45) is 0 Å². The Morgan fingerprint density at radius 3 is 3.00 bits per heavy atom. The van der Waals surface area contributed by atoms with Crippen molar-refractivity contribution >= 4 is 38.4 Å². The van der Waals surface area contributed by atoms with Crippen LogP contribution in [0.1, 0.15) is 33.2 Å². The number of hydrogen-bond donors (Lipinski definition) is 2. The molecule has 130 valence electrons. The number of rotatable bonds is 3. The lowest BCUT2D eigenvalue weighted by atomic mass is 10.2. The van der Waals surface area contributed by atoms with Crippen LogP contribution < -0.4 is 5.56 Å². The summed E-state index contributed by atoms with van der Waals surface area (Å²) in [6.07, 6.45) is 3.05. The van der Waals surface area contributed by atoms with Crippen molar-refractivity contribution in [3.8, 4) is 0 Å². The zero-order valence-electron chi connectivity index (χ0n) is 13.8. The fourth-order valence-corrected chi connectivity index (χ4v) is 4.79. The first-order valence-corrected chi connectivity index (χ1v) is 9.29. The summed E-state index contributed by atoms with van der Waals surface area (Å²) in [5, 5.41) is 1.65. The molecular formula is C19H15N3O3S. The van der Waals surface area contributed by atoms with Crippen molar-refractivity contribution in [3.63, 3.8) is 0 Å². The predicted octanol–water partition coefficient (Wildman–Crippen LogP) is 3.31. The molecule has 0 aliphatic heterocycles. The molecule has 1 aromatic carbocycles. The Kier molecular flexibility index (Phi) is 3.43. The van der Waals surface area contributed by atoms with E-state index in [1.165, 1.54) is 4.88 Å². The summed E-state index contributed by atoms with van der Waals surface area (Å²) in [6.45, 7) is -0.0675. The molecule has 6 nitrogen and oxygen atoms in total. The molecule has 0 amide bonds. The standard InChI is InChI=1S/C19H15N3O3S/c23-17-16-11-5-3-7-14(11)26-18(16)22-15(21-17)9-25-19(24)13-8-10-4-1-2-6-12(10)20-13/h1-2,4,6,8,20H,3,5,7,9H2,(H,21,22,23). The fourth-order valence-electron chi connectivity index (χ4n) is 3.51. The third-order valence-corrected chi connectivity index (χ3v) is 5.90.